The van der Waals surface area contributed by atoms with E-state index in [9.17, 15) is 18.8 Å². The van der Waals surface area contributed by atoms with Gasteiger partial charge in [-0.15, -0.1) is 0 Å². The minimum absolute atomic E-state index is 0.0749. The fourth-order valence-electron chi connectivity index (χ4n) is 3.18. The molecule has 0 saturated carbocycles. The van der Waals surface area contributed by atoms with Gasteiger partial charge in [0.25, 0.3) is 0 Å². The van der Waals surface area contributed by atoms with Crippen molar-refractivity contribution < 1.29 is 23.2 Å². The van der Waals surface area contributed by atoms with Crippen LogP contribution in [0.15, 0.2) is 53.2 Å². The molecular weight excluding hydrogens is 389 g/mol. The molecule has 8 heteroatoms. The molecule has 0 spiro atoms. The number of nitrogens with one attached hydrogen (secondary N) is 2. The first-order valence-corrected chi connectivity index (χ1v) is 9.82. The molecule has 0 atom stereocenters. The molecule has 2 N–H and O–H groups in total. The lowest BCUT2D eigenvalue weighted by Gasteiger charge is -2.31. The van der Waals surface area contributed by atoms with Gasteiger partial charge < -0.3 is 20.0 Å². The molecule has 1 fully saturated rings. The molecule has 1 aromatic heterocycles. The summed E-state index contributed by atoms with van der Waals surface area (Å²) in [6.45, 7) is 1.73. The second-order valence-corrected chi connectivity index (χ2v) is 7.14. The van der Waals surface area contributed by atoms with Crippen LogP contribution in [0, 0.1) is 11.7 Å². The second-order valence-electron chi connectivity index (χ2n) is 7.14. The zero-order valence-electron chi connectivity index (χ0n) is 16.5. The van der Waals surface area contributed by atoms with Crippen LogP contribution in [0.25, 0.3) is 6.08 Å². The standard InChI is InChI=1S/C22H24FN3O4/c23-18-5-3-16(4-6-18)14-24-21(28)22(29)25-15-17-9-11-26(12-10-17)20(27)8-7-19-2-1-13-30-19/h1-8,13,17H,9-12,14-15H2,(H,24,28)(H,25,29)/b8-7+. The maximum absolute atomic E-state index is 12.9. The van der Waals surface area contributed by atoms with Crippen molar-refractivity contribution in [3.63, 3.8) is 0 Å². The summed E-state index contributed by atoms with van der Waals surface area (Å²) in [6.07, 6.45) is 6.17. The molecule has 30 heavy (non-hydrogen) atoms. The second kappa shape index (κ2) is 10.4. The fourth-order valence-corrected chi connectivity index (χ4v) is 3.18. The Balaban J connectivity index is 1.34. The van der Waals surface area contributed by atoms with Crippen molar-refractivity contribution in [3.8, 4) is 0 Å². The number of piperidine rings is 1. The molecule has 0 bridgehead atoms. The van der Waals surface area contributed by atoms with Crippen molar-refractivity contribution in [1.29, 1.82) is 0 Å². The number of carbonyl (C=O) groups is 3. The van der Waals surface area contributed by atoms with Crippen LogP contribution in [-0.2, 0) is 20.9 Å². The van der Waals surface area contributed by atoms with Crippen molar-refractivity contribution in [2.75, 3.05) is 19.6 Å². The third kappa shape index (κ3) is 6.30. The summed E-state index contributed by atoms with van der Waals surface area (Å²) in [5.74, 6) is -1.03. The summed E-state index contributed by atoms with van der Waals surface area (Å²) in [5, 5.41) is 5.16. The summed E-state index contributed by atoms with van der Waals surface area (Å²) >= 11 is 0. The zero-order valence-corrected chi connectivity index (χ0v) is 16.5. The molecule has 2 heterocycles. The van der Waals surface area contributed by atoms with Gasteiger partial charge in [0.15, 0.2) is 0 Å². The Morgan fingerprint density at radius 2 is 1.77 bits per heavy atom. The van der Waals surface area contributed by atoms with Gasteiger partial charge in [-0.05, 0) is 54.7 Å². The van der Waals surface area contributed by atoms with Crippen LogP contribution in [0.2, 0.25) is 0 Å². The SMILES string of the molecule is O=C(NCc1ccc(F)cc1)C(=O)NCC1CCN(C(=O)/C=C/c2ccco2)CC1. The molecule has 0 radical (unpaired) electrons. The summed E-state index contributed by atoms with van der Waals surface area (Å²) in [5.41, 5.74) is 0.704. The van der Waals surface area contributed by atoms with Crippen LogP contribution >= 0.6 is 0 Å². The van der Waals surface area contributed by atoms with Gasteiger partial charge in [0, 0.05) is 32.3 Å². The maximum atomic E-state index is 12.9. The van der Waals surface area contributed by atoms with E-state index in [4.69, 9.17) is 4.42 Å². The lowest BCUT2D eigenvalue weighted by Crippen LogP contribution is -2.44. The molecule has 158 valence electrons. The van der Waals surface area contributed by atoms with Crippen molar-refractivity contribution in [2.24, 2.45) is 5.92 Å². The lowest BCUT2D eigenvalue weighted by molar-refractivity contribution is -0.139. The quantitative estimate of drug-likeness (QED) is 0.561. The van der Waals surface area contributed by atoms with E-state index in [1.807, 2.05) is 0 Å². The predicted molar refractivity (Wildman–Crippen MR) is 108 cm³/mol. The first-order valence-electron chi connectivity index (χ1n) is 9.82. The first-order chi connectivity index (χ1) is 14.5. The first kappa shape index (κ1) is 21.3. The highest BCUT2D eigenvalue weighted by Gasteiger charge is 2.23. The number of amides is 3. The molecule has 3 amide bonds. The Hall–Kier alpha value is -3.42. The monoisotopic (exact) mass is 413 g/mol. The summed E-state index contributed by atoms with van der Waals surface area (Å²) in [4.78, 5) is 37.8. The summed E-state index contributed by atoms with van der Waals surface area (Å²) in [7, 11) is 0. The van der Waals surface area contributed by atoms with Gasteiger partial charge in [0.1, 0.15) is 11.6 Å². The molecule has 1 aromatic carbocycles. The molecule has 7 nitrogen and oxygen atoms in total. The van der Waals surface area contributed by atoms with Gasteiger partial charge in [0.2, 0.25) is 5.91 Å². The number of halogens is 1. The number of carbonyl (C=O) groups excluding carboxylic acids is 3. The fraction of sp³-hybridized carbons (Fsp3) is 0.318. The summed E-state index contributed by atoms with van der Waals surface area (Å²) in [6, 6.07) is 9.22. The Morgan fingerprint density at radius 3 is 2.43 bits per heavy atom. The maximum Gasteiger partial charge on any atom is 0.309 e. The highest BCUT2D eigenvalue weighted by Crippen LogP contribution is 2.17. The Kier molecular flexibility index (Phi) is 7.37. The topological polar surface area (TPSA) is 91.7 Å². The Labute approximate surface area is 173 Å². The highest BCUT2D eigenvalue weighted by molar-refractivity contribution is 6.35. The van der Waals surface area contributed by atoms with Crippen LogP contribution < -0.4 is 10.6 Å². The van der Waals surface area contributed by atoms with E-state index in [1.165, 1.54) is 18.2 Å². The average Bonchev–Trinajstić information content (AvgIpc) is 3.29. The van der Waals surface area contributed by atoms with E-state index in [1.54, 1.807) is 41.5 Å². The molecule has 0 aliphatic carbocycles. The van der Waals surface area contributed by atoms with Crippen LogP contribution in [0.4, 0.5) is 4.39 Å². The van der Waals surface area contributed by atoms with E-state index in [2.05, 4.69) is 10.6 Å². The Morgan fingerprint density at radius 1 is 1.07 bits per heavy atom. The van der Waals surface area contributed by atoms with E-state index < -0.39 is 11.8 Å². The third-order valence-corrected chi connectivity index (χ3v) is 4.98. The van der Waals surface area contributed by atoms with E-state index >= 15 is 0 Å². The smallest absolute Gasteiger partial charge is 0.309 e. The third-order valence-electron chi connectivity index (χ3n) is 4.98. The highest BCUT2D eigenvalue weighted by atomic mass is 19.1. The molecule has 1 saturated heterocycles. The van der Waals surface area contributed by atoms with Crippen molar-refractivity contribution in [1.82, 2.24) is 15.5 Å². The normalized spacial score (nSPS) is 14.6. The van der Waals surface area contributed by atoms with Gasteiger partial charge >= 0.3 is 11.8 Å². The van der Waals surface area contributed by atoms with Crippen LogP contribution in [0.1, 0.15) is 24.2 Å². The van der Waals surface area contributed by atoms with Gasteiger partial charge in [-0.2, -0.15) is 0 Å². The number of hydrogen-bond acceptors (Lipinski definition) is 4. The largest absolute Gasteiger partial charge is 0.465 e. The summed E-state index contributed by atoms with van der Waals surface area (Å²) < 4.78 is 18.0. The number of likely N-dealkylation sites (tertiary alicyclic amines) is 1. The van der Waals surface area contributed by atoms with Crippen molar-refractivity contribution in [3.05, 3.63) is 65.9 Å². The van der Waals surface area contributed by atoms with E-state index in [-0.39, 0.29) is 24.2 Å². The predicted octanol–water partition coefficient (Wildman–Crippen LogP) is 2.10. The van der Waals surface area contributed by atoms with Crippen LogP contribution in [-0.4, -0.2) is 42.3 Å². The molecule has 3 rings (SSSR count). The number of rotatable bonds is 6. The van der Waals surface area contributed by atoms with Crippen molar-refractivity contribution >= 4 is 23.8 Å². The lowest BCUT2D eigenvalue weighted by atomic mass is 9.96. The molecule has 1 aliphatic rings. The van der Waals surface area contributed by atoms with E-state index in [0.29, 0.717) is 31.0 Å². The molecule has 0 unspecified atom stereocenters. The van der Waals surface area contributed by atoms with Gasteiger partial charge in [-0.3, -0.25) is 14.4 Å². The molecule has 2 aromatic rings. The number of furan rings is 1. The number of benzene rings is 1. The Bertz CT molecular complexity index is 886. The van der Waals surface area contributed by atoms with Gasteiger partial charge in [-0.25, -0.2) is 4.39 Å². The minimum atomic E-state index is -0.727. The average molecular weight is 413 g/mol. The van der Waals surface area contributed by atoms with E-state index in [0.717, 1.165) is 12.8 Å². The molecular formula is C22H24FN3O4. The number of nitrogens with zero attached hydrogens (tertiary/aromatic N) is 1. The zero-order chi connectivity index (χ0) is 21.3. The van der Waals surface area contributed by atoms with Gasteiger partial charge in [-0.1, -0.05) is 12.1 Å². The van der Waals surface area contributed by atoms with Crippen molar-refractivity contribution in [2.45, 2.75) is 19.4 Å². The molecule has 1 aliphatic heterocycles. The van der Waals surface area contributed by atoms with Crippen LogP contribution in [0.3, 0.4) is 0 Å². The van der Waals surface area contributed by atoms with Crippen LogP contribution in [0.5, 0.6) is 0 Å². The van der Waals surface area contributed by atoms with Gasteiger partial charge in [0.05, 0.1) is 6.26 Å². The number of hydrogen-bond donors (Lipinski definition) is 2. The minimum Gasteiger partial charge on any atom is -0.465 e.